The molecule has 1 aliphatic rings. The monoisotopic (exact) mass is 359 g/mol. The van der Waals surface area contributed by atoms with Crippen LogP contribution in [0.2, 0.25) is 0 Å². The van der Waals surface area contributed by atoms with Gasteiger partial charge in [-0.1, -0.05) is 6.07 Å². The van der Waals surface area contributed by atoms with Crippen molar-refractivity contribution in [2.75, 3.05) is 11.9 Å². The summed E-state index contributed by atoms with van der Waals surface area (Å²) in [6.07, 6.45) is 1.93. The van der Waals surface area contributed by atoms with E-state index in [1.807, 2.05) is 40.4 Å². The second-order valence-corrected chi connectivity index (χ2v) is 6.75. The SMILES string of the molecule is O=C(Nc1cccs1)N1CCn2cccc2[C@H]1c1ccc(F)c(F)c1. The van der Waals surface area contributed by atoms with Gasteiger partial charge in [-0.15, -0.1) is 11.3 Å². The molecule has 7 heteroatoms. The maximum Gasteiger partial charge on any atom is 0.323 e. The second kappa shape index (κ2) is 6.33. The summed E-state index contributed by atoms with van der Waals surface area (Å²) in [6.45, 7) is 1.13. The fraction of sp³-hybridized carbons (Fsp3) is 0.167. The Hall–Kier alpha value is -2.67. The summed E-state index contributed by atoms with van der Waals surface area (Å²) >= 11 is 1.43. The number of thiophene rings is 1. The first kappa shape index (κ1) is 15.8. The number of nitrogens with zero attached hydrogens (tertiary/aromatic N) is 2. The van der Waals surface area contributed by atoms with E-state index in [0.717, 1.165) is 22.8 Å². The second-order valence-electron chi connectivity index (χ2n) is 5.80. The third-order valence-corrected chi connectivity index (χ3v) is 5.10. The molecule has 1 aliphatic heterocycles. The van der Waals surface area contributed by atoms with E-state index in [2.05, 4.69) is 5.32 Å². The Morgan fingerprint density at radius 1 is 1.12 bits per heavy atom. The van der Waals surface area contributed by atoms with Crippen molar-refractivity contribution < 1.29 is 13.6 Å². The summed E-state index contributed by atoms with van der Waals surface area (Å²) < 4.78 is 29.1. The van der Waals surface area contributed by atoms with Crippen molar-refractivity contribution in [3.05, 3.63) is 76.9 Å². The summed E-state index contributed by atoms with van der Waals surface area (Å²) in [6, 6.07) is 10.5. The molecular weight excluding hydrogens is 344 g/mol. The Kier molecular flexibility index (Phi) is 4.01. The number of nitrogens with one attached hydrogen (secondary N) is 1. The minimum absolute atomic E-state index is 0.260. The minimum atomic E-state index is -0.917. The predicted molar refractivity (Wildman–Crippen MR) is 92.7 cm³/mol. The van der Waals surface area contributed by atoms with Crippen LogP contribution in [0.25, 0.3) is 0 Å². The van der Waals surface area contributed by atoms with Crippen molar-refractivity contribution in [3.63, 3.8) is 0 Å². The van der Waals surface area contributed by atoms with E-state index in [-0.39, 0.29) is 6.03 Å². The average Bonchev–Trinajstić information content (AvgIpc) is 3.27. The summed E-state index contributed by atoms with van der Waals surface area (Å²) in [5, 5.41) is 5.49. The standard InChI is InChI=1S/C18H15F2N3OS/c19-13-6-5-12(11-14(13)20)17-15-3-1-7-22(15)8-9-23(17)18(24)21-16-4-2-10-25-16/h1-7,10-11,17H,8-9H2,(H,21,24)/t17-/m1/s1. The van der Waals surface area contributed by atoms with Gasteiger partial charge < -0.3 is 9.47 Å². The smallest absolute Gasteiger partial charge is 0.323 e. The molecular formula is C18H15F2N3OS. The van der Waals surface area contributed by atoms with Gasteiger partial charge in [0.2, 0.25) is 0 Å². The van der Waals surface area contributed by atoms with Gasteiger partial charge in [0.15, 0.2) is 11.6 Å². The molecule has 0 unspecified atom stereocenters. The van der Waals surface area contributed by atoms with Crippen molar-refractivity contribution in [1.29, 1.82) is 0 Å². The molecule has 2 amide bonds. The van der Waals surface area contributed by atoms with Crippen LogP contribution < -0.4 is 5.32 Å². The lowest BCUT2D eigenvalue weighted by molar-refractivity contribution is 0.181. The van der Waals surface area contributed by atoms with E-state index >= 15 is 0 Å². The van der Waals surface area contributed by atoms with Crippen LogP contribution in [-0.4, -0.2) is 22.0 Å². The number of benzene rings is 1. The fourth-order valence-corrected chi connectivity index (χ4v) is 3.77. The van der Waals surface area contributed by atoms with Crippen LogP contribution >= 0.6 is 11.3 Å². The molecule has 4 nitrogen and oxygen atoms in total. The largest absolute Gasteiger partial charge is 0.348 e. The molecule has 0 spiro atoms. The highest BCUT2D eigenvalue weighted by Crippen LogP contribution is 2.33. The van der Waals surface area contributed by atoms with Gasteiger partial charge >= 0.3 is 6.03 Å². The van der Waals surface area contributed by atoms with Crippen LogP contribution in [-0.2, 0) is 6.54 Å². The van der Waals surface area contributed by atoms with Crippen LogP contribution in [0.3, 0.4) is 0 Å². The predicted octanol–water partition coefficient (Wildman–Crippen LogP) is 4.46. The summed E-state index contributed by atoms with van der Waals surface area (Å²) in [7, 11) is 0. The Labute approximate surface area is 147 Å². The van der Waals surface area contributed by atoms with Gasteiger partial charge in [0.1, 0.15) is 0 Å². The Morgan fingerprint density at radius 3 is 2.76 bits per heavy atom. The normalized spacial score (nSPS) is 16.6. The van der Waals surface area contributed by atoms with E-state index in [9.17, 15) is 13.6 Å². The molecule has 2 aromatic heterocycles. The zero-order valence-corrected chi connectivity index (χ0v) is 14.0. The topological polar surface area (TPSA) is 37.3 Å². The molecule has 0 aliphatic carbocycles. The van der Waals surface area contributed by atoms with Crippen LogP contribution in [0.15, 0.2) is 54.0 Å². The van der Waals surface area contributed by atoms with Crippen molar-refractivity contribution in [2.24, 2.45) is 0 Å². The molecule has 0 saturated carbocycles. The molecule has 4 rings (SSSR count). The van der Waals surface area contributed by atoms with Crippen LogP contribution in [0, 0.1) is 11.6 Å². The number of aromatic nitrogens is 1. The maximum atomic E-state index is 13.8. The lowest BCUT2D eigenvalue weighted by Crippen LogP contribution is -2.44. The van der Waals surface area contributed by atoms with Crippen molar-refractivity contribution in [3.8, 4) is 0 Å². The molecule has 0 saturated heterocycles. The van der Waals surface area contributed by atoms with Crippen molar-refractivity contribution >= 4 is 22.4 Å². The Bertz CT molecular complexity index is 907. The lowest BCUT2D eigenvalue weighted by Gasteiger charge is -2.37. The summed E-state index contributed by atoms with van der Waals surface area (Å²) in [5.74, 6) is -1.82. The van der Waals surface area contributed by atoms with Crippen LogP contribution in [0.1, 0.15) is 17.3 Å². The molecule has 1 aromatic carbocycles. The number of hydrogen-bond acceptors (Lipinski definition) is 2. The first-order valence-corrected chi connectivity index (χ1v) is 8.72. The van der Waals surface area contributed by atoms with Gasteiger partial charge in [0, 0.05) is 25.0 Å². The first-order chi connectivity index (χ1) is 12.1. The summed E-state index contributed by atoms with van der Waals surface area (Å²) in [5.41, 5.74) is 1.42. The highest BCUT2D eigenvalue weighted by Gasteiger charge is 2.32. The van der Waals surface area contributed by atoms with Gasteiger partial charge in [0.05, 0.1) is 11.0 Å². The summed E-state index contributed by atoms with van der Waals surface area (Å²) in [4.78, 5) is 14.4. The van der Waals surface area contributed by atoms with Gasteiger partial charge in [-0.2, -0.15) is 0 Å². The minimum Gasteiger partial charge on any atom is -0.348 e. The van der Waals surface area contributed by atoms with E-state index in [4.69, 9.17) is 0 Å². The van der Waals surface area contributed by atoms with E-state index in [1.54, 1.807) is 4.90 Å². The third kappa shape index (κ3) is 2.91. The zero-order valence-electron chi connectivity index (χ0n) is 13.2. The van der Waals surface area contributed by atoms with Crippen molar-refractivity contribution in [1.82, 2.24) is 9.47 Å². The molecule has 0 fully saturated rings. The zero-order chi connectivity index (χ0) is 17.4. The third-order valence-electron chi connectivity index (χ3n) is 4.31. The first-order valence-electron chi connectivity index (χ1n) is 7.84. The molecule has 1 atom stereocenters. The molecule has 25 heavy (non-hydrogen) atoms. The quantitative estimate of drug-likeness (QED) is 0.720. The highest BCUT2D eigenvalue weighted by atomic mass is 32.1. The van der Waals surface area contributed by atoms with E-state index in [0.29, 0.717) is 18.7 Å². The number of amides is 2. The van der Waals surface area contributed by atoms with Crippen LogP contribution in [0.4, 0.5) is 18.6 Å². The van der Waals surface area contributed by atoms with Crippen molar-refractivity contribution in [2.45, 2.75) is 12.6 Å². The number of rotatable bonds is 2. The number of anilines is 1. The Morgan fingerprint density at radius 2 is 2.00 bits per heavy atom. The van der Waals surface area contributed by atoms with Gasteiger partial charge in [0.25, 0.3) is 0 Å². The molecule has 3 heterocycles. The van der Waals surface area contributed by atoms with E-state index in [1.165, 1.54) is 17.4 Å². The van der Waals surface area contributed by atoms with E-state index < -0.39 is 17.7 Å². The maximum absolute atomic E-state index is 13.8. The number of carbonyl (C=O) groups is 1. The number of halogens is 2. The lowest BCUT2D eigenvalue weighted by atomic mass is 10.00. The molecule has 0 bridgehead atoms. The number of carbonyl (C=O) groups excluding carboxylic acids is 1. The number of fused-ring (bicyclic) bond motifs is 1. The van der Waals surface area contributed by atoms with Gasteiger partial charge in [-0.05, 0) is 47.3 Å². The molecule has 1 N–H and O–H groups in total. The highest BCUT2D eigenvalue weighted by molar-refractivity contribution is 7.14. The van der Waals surface area contributed by atoms with Gasteiger partial charge in [-0.25, -0.2) is 13.6 Å². The van der Waals surface area contributed by atoms with Gasteiger partial charge in [-0.3, -0.25) is 5.32 Å². The number of hydrogen-bond donors (Lipinski definition) is 1. The average molecular weight is 359 g/mol. The molecule has 128 valence electrons. The van der Waals surface area contributed by atoms with Crippen LogP contribution in [0.5, 0.6) is 0 Å². The number of urea groups is 1. The Balaban J connectivity index is 1.72. The molecule has 0 radical (unpaired) electrons. The fourth-order valence-electron chi connectivity index (χ4n) is 3.16. The molecule has 3 aromatic rings.